The Morgan fingerprint density at radius 1 is 1.42 bits per heavy atom. The van der Waals surface area contributed by atoms with Crippen LogP contribution in [-0.4, -0.2) is 31.9 Å². The zero-order valence-corrected chi connectivity index (χ0v) is 13.1. The van der Waals surface area contributed by atoms with Crippen molar-refractivity contribution in [3.63, 3.8) is 0 Å². The molecule has 1 amide bonds. The summed E-state index contributed by atoms with van der Waals surface area (Å²) in [5.74, 6) is -0.293. The van der Waals surface area contributed by atoms with E-state index in [1.54, 1.807) is 19.1 Å². The summed E-state index contributed by atoms with van der Waals surface area (Å²) in [5, 5.41) is 11.5. The van der Waals surface area contributed by atoms with E-state index in [2.05, 4.69) is 9.19 Å². The van der Waals surface area contributed by atoms with Crippen molar-refractivity contribution in [2.24, 2.45) is 0 Å². The maximum absolute atomic E-state index is 12.5. The summed E-state index contributed by atoms with van der Waals surface area (Å²) < 4.78 is 21.9. The van der Waals surface area contributed by atoms with E-state index in [4.69, 9.17) is 8.98 Å². The molecule has 0 fully saturated rings. The number of hydrogen-bond acceptors (Lipinski definition) is 5. The average Bonchev–Trinajstić information content (AvgIpc) is 2.38. The van der Waals surface area contributed by atoms with Crippen molar-refractivity contribution in [3.8, 4) is 0 Å². The molecule has 1 rings (SSSR count). The van der Waals surface area contributed by atoms with E-state index in [1.807, 2.05) is 6.92 Å². The molecule has 6 nitrogen and oxygen atoms in total. The molecule has 1 atom stereocenters. The number of carbonyl (C=O) groups excluding carboxylic acids is 1. The van der Waals surface area contributed by atoms with Crippen LogP contribution >= 0.6 is 0 Å². The number of benzene rings is 1. The number of para-hydroxylation sites is 1. The van der Waals surface area contributed by atoms with Gasteiger partial charge in [-0.05, 0) is 0 Å². The van der Waals surface area contributed by atoms with Gasteiger partial charge in [-0.25, -0.2) is 0 Å². The van der Waals surface area contributed by atoms with Crippen molar-refractivity contribution in [3.05, 3.63) is 23.8 Å². The summed E-state index contributed by atoms with van der Waals surface area (Å²) in [6.45, 7) is 5.04. The Kier molecular flexibility index (Phi) is 5.81. The molecule has 7 heteroatoms. The van der Waals surface area contributed by atoms with Crippen LogP contribution in [0.25, 0.3) is 0 Å². The van der Waals surface area contributed by atoms with E-state index in [-0.39, 0.29) is 16.9 Å². The van der Waals surface area contributed by atoms with E-state index in [1.165, 1.54) is 13.0 Å². The number of carbonyl (C=O) groups is 1. The van der Waals surface area contributed by atoms with Crippen LogP contribution < -0.4 is 9.67 Å². The first kappa shape index (κ1) is 16.0. The van der Waals surface area contributed by atoms with Gasteiger partial charge < -0.3 is 0 Å². The number of aryl methyl sites for hydroxylation is 1. The molecule has 2 N–H and O–H groups in total. The molecule has 0 heterocycles. The van der Waals surface area contributed by atoms with Gasteiger partial charge in [0, 0.05) is 0 Å². The molecule has 0 aromatic heterocycles. The molecule has 0 aliphatic carbocycles. The maximum atomic E-state index is 12.5. The fraction of sp³-hybridized carbons (Fsp3) is 0.417. The summed E-state index contributed by atoms with van der Waals surface area (Å²) >= 11 is -4.55. The van der Waals surface area contributed by atoms with E-state index >= 15 is 0 Å². The molecule has 1 unspecified atom stereocenters. The van der Waals surface area contributed by atoms with E-state index in [0.29, 0.717) is 12.1 Å². The second-order valence-electron chi connectivity index (χ2n) is 3.84. The van der Waals surface area contributed by atoms with Crippen LogP contribution in [0.2, 0.25) is 0 Å². The first-order chi connectivity index (χ1) is 8.98. The molecule has 106 valence electrons. The Bertz CT molecular complexity index is 503. The molecular formula is C12H18AsNO5. The van der Waals surface area contributed by atoms with E-state index < -0.39 is 14.2 Å². The average molecular weight is 331 g/mol. The van der Waals surface area contributed by atoms with Gasteiger partial charge in [0.25, 0.3) is 0 Å². The van der Waals surface area contributed by atoms with Crippen LogP contribution in [0.5, 0.6) is 0 Å². The molecule has 1 aromatic rings. The quantitative estimate of drug-likeness (QED) is 0.466. The van der Waals surface area contributed by atoms with Gasteiger partial charge in [0.2, 0.25) is 0 Å². The van der Waals surface area contributed by atoms with Crippen LogP contribution in [0.3, 0.4) is 0 Å². The van der Waals surface area contributed by atoms with Crippen molar-refractivity contribution in [2.45, 2.75) is 27.2 Å². The predicted molar refractivity (Wildman–Crippen MR) is 71.5 cm³/mol. The second kappa shape index (κ2) is 6.91. The molecule has 0 spiro atoms. The molecule has 0 saturated carbocycles. The fourth-order valence-corrected chi connectivity index (χ4v) is 4.58. The minimum atomic E-state index is -4.55. The Hall–Kier alpha value is -1.07. The first-order valence-electron chi connectivity index (χ1n) is 5.96. The third kappa shape index (κ3) is 3.70. The monoisotopic (exact) mass is 331 g/mol. The summed E-state index contributed by atoms with van der Waals surface area (Å²) in [5.41, 5.74) is 1.19. The molecule has 1 aromatic carbocycles. The summed E-state index contributed by atoms with van der Waals surface area (Å²) in [7, 11) is 0. The van der Waals surface area contributed by atoms with Crippen LogP contribution in [-0.2, 0) is 22.6 Å². The van der Waals surface area contributed by atoms with Gasteiger partial charge in [-0.1, -0.05) is 0 Å². The van der Waals surface area contributed by atoms with Crippen LogP contribution in [0.4, 0.5) is 5.69 Å². The number of nitrogens with one attached hydrogen (secondary N) is 1. The number of rotatable bonds is 6. The topological polar surface area (TPSA) is 84.9 Å². The molecule has 0 bridgehead atoms. The van der Waals surface area contributed by atoms with E-state index in [9.17, 15) is 8.53 Å². The van der Waals surface area contributed by atoms with Crippen molar-refractivity contribution in [2.75, 3.05) is 11.9 Å². The van der Waals surface area contributed by atoms with Crippen LogP contribution in [0, 0.1) is 0 Å². The Morgan fingerprint density at radius 3 is 2.58 bits per heavy atom. The Morgan fingerprint density at radius 2 is 2.11 bits per heavy atom. The minimum absolute atomic E-state index is 0.132. The fourth-order valence-electron chi connectivity index (χ4n) is 1.74. The van der Waals surface area contributed by atoms with Gasteiger partial charge in [0.1, 0.15) is 0 Å². The van der Waals surface area contributed by atoms with Gasteiger partial charge in [-0.3, -0.25) is 0 Å². The summed E-state index contributed by atoms with van der Waals surface area (Å²) in [6, 6.07) is 5.01. The standard InChI is InChI=1S/C12H18AsNO5/c1-4-10-7-6-8-11(12(10)14-9(3)15)13(16,19-17)18-5-2/h6-8,17H,4-5H2,1-3H3,(H,14,15). The normalized spacial score (nSPS) is 13.9. The zero-order chi connectivity index (χ0) is 14.5. The van der Waals surface area contributed by atoms with Gasteiger partial charge in [-0.15, -0.1) is 0 Å². The van der Waals surface area contributed by atoms with Crippen LogP contribution in [0.15, 0.2) is 18.2 Å². The van der Waals surface area contributed by atoms with Gasteiger partial charge in [-0.2, -0.15) is 0 Å². The van der Waals surface area contributed by atoms with Gasteiger partial charge in [0.15, 0.2) is 0 Å². The Labute approximate surface area is 115 Å². The zero-order valence-electron chi connectivity index (χ0n) is 11.2. The van der Waals surface area contributed by atoms with Gasteiger partial charge in [0.05, 0.1) is 0 Å². The summed E-state index contributed by atoms with van der Waals surface area (Å²) in [6.07, 6.45) is 0.636. The van der Waals surface area contributed by atoms with E-state index in [0.717, 1.165) is 5.56 Å². The van der Waals surface area contributed by atoms with Crippen molar-refractivity contribution < 1.29 is 21.4 Å². The third-order valence-electron chi connectivity index (χ3n) is 2.51. The number of anilines is 1. The van der Waals surface area contributed by atoms with Gasteiger partial charge >= 0.3 is 114 Å². The van der Waals surface area contributed by atoms with Crippen molar-refractivity contribution >= 4 is 30.1 Å². The third-order valence-corrected chi connectivity index (χ3v) is 6.24. The molecule has 0 aliphatic heterocycles. The molecule has 19 heavy (non-hydrogen) atoms. The van der Waals surface area contributed by atoms with Crippen LogP contribution in [0.1, 0.15) is 26.3 Å². The molecular weight excluding hydrogens is 313 g/mol. The molecule has 0 saturated heterocycles. The Balaban J connectivity index is 3.40. The molecule has 0 aliphatic rings. The predicted octanol–water partition coefficient (Wildman–Crippen LogP) is 1.31. The second-order valence-corrected chi connectivity index (χ2v) is 7.83. The SMILES string of the molecule is CCO[As](=O)(OO)c1cccc(CC)c1NC(C)=O. The summed E-state index contributed by atoms with van der Waals surface area (Å²) in [4.78, 5) is 11.3. The first-order valence-corrected chi connectivity index (χ1v) is 9.20. The van der Waals surface area contributed by atoms with Crippen molar-refractivity contribution in [1.29, 1.82) is 0 Å². The number of amides is 1. The van der Waals surface area contributed by atoms with Crippen molar-refractivity contribution in [1.82, 2.24) is 0 Å². The molecule has 0 radical (unpaired) electrons. The number of hydrogen-bond donors (Lipinski definition) is 2.